The van der Waals surface area contributed by atoms with Crippen molar-refractivity contribution in [3.63, 3.8) is 0 Å². The molecule has 2 atom stereocenters. The normalized spacial score (nSPS) is 24.5. The van der Waals surface area contributed by atoms with E-state index in [-0.39, 0.29) is 18.7 Å². The van der Waals surface area contributed by atoms with Crippen LogP contribution in [0.5, 0.6) is 0 Å². The zero-order valence-electron chi connectivity index (χ0n) is 10.1. The van der Waals surface area contributed by atoms with Crippen molar-refractivity contribution in [1.82, 2.24) is 9.96 Å². The van der Waals surface area contributed by atoms with Gasteiger partial charge in [-0.05, 0) is 6.07 Å². The summed E-state index contributed by atoms with van der Waals surface area (Å²) < 4.78 is 5.31. The maximum Gasteiger partial charge on any atom is 0.345 e. The molecule has 2 aliphatic heterocycles. The Labute approximate surface area is 109 Å². The Bertz CT molecular complexity index is 553. The molecule has 2 aliphatic rings. The molecule has 0 saturated carbocycles. The van der Waals surface area contributed by atoms with Gasteiger partial charge in [0.2, 0.25) is 5.91 Å². The Kier molecular flexibility index (Phi) is 2.56. The molecule has 2 N–H and O–H groups in total. The van der Waals surface area contributed by atoms with Crippen LogP contribution in [0.3, 0.4) is 0 Å². The van der Waals surface area contributed by atoms with E-state index in [0.717, 1.165) is 5.56 Å². The highest BCUT2D eigenvalue weighted by Crippen LogP contribution is 2.44. The van der Waals surface area contributed by atoms with Crippen LogP contribution in [0.4, 0.5) is 4.79 Å². The van der Waals surface area contributed by atoms with E-state index in [9.17, 15) is 9.59 Å². The van der Waals surface area contributed by atoms with Gasteiger partial charge in [-0.15, -0.1) is 6.58 Å². The number of hydroxylamine groups is 2. The van der Waals surface area contributed by atoms with Gasteiger partial charge in [0, 0.05) is 5.56 Å². The fourth-order valence-electron chi connectivity index (χ4n) is 2.57. The van der Waals surface area contributed by atoms with E-state index in [4.69, 9.17) is 15.0 Å². The molecule has 0 radical (unpaired) electrons. The summed E-state index contributed by atoms with van der Waals surface area (Å²) in [7, 11) is 0. The molecule has 19 heavy (non-hydrogen) atoms. The molecule has 1 aromatic heterocycles. The second kappa shape index (κ2) is 4.13. The Hall–Kier alpha value is -2.28. The number of nitrogens with two attached hydrogens (primary N) is 1. The van der Waals surface area contributed by atoms with Crippen LogP contribution in [0.15, 0.2) is 29.4 Å². The second-order valence-electron chi connectivity index (χ2n) is 4.41. The summed E-state index contributed by atoms with van der Waals surface area (Å²) in [6.07, 6.45) is 3.03. The predicted octanol–water partition coefficient (Wildman–Crippen LogP) is 0.716. The van der Waals surface area contributed by atoms with E-state index < -0.39 is 11.9 Å². The van der Waals surface area contributed by atoms with Gasteiger partial charge >= 0.3 is 6.03 Å². The molecule has 1 fully saturated rings. The third-order valence-corrected chi connectivity index (χ3v) is 3.33. The molecule has 0 aromatic carbocycles. The molecule has 3 amide bonds. The van der Waals surface area contributed by atoms with E-state index >= 15 is 0 Å². The molecule has 7 nitrogen and oxygen atoms in total. The number of amides is 3. The van der Waals surface area contributed by atoms with Crippen molar-refractivity contribution in [3.8, 4) is 0 Å². The van der Waals surface area contributed by atoms with Crippen molar-refractivity contribution in [2.75, 3.05) is 13.2 Å². The van der Waals surface area contributed by atoms with Crippen LogP contribution in [0.25, 0.3) is 0 Å². The number of hydrogen-bond donors (Lipinski definition) is 1. The summed E-state index contributed by atoms with van der Waals surface area (Å²) in [6, 6.07) is 0.195. The van der Waals surface area contributed by atoms with E-state index in [1.807, 2.05) is 0 Å². The summed E-state index contributed by atoms with van der Waals surface area (Å²) in [5.41, 5.74) is 6.12. The van der Waals surface area contributed by atoms with Crippen molar-refractivity contribution in [1.29, 1.82) is 0 Å². The number of furan rings is 1. The highest BCUT2D eigenvalue weighted by Gasteiger charge is 2.52. The lowest BCUT2D eigenvalue weighted by Gasteiger charge is -2.26. The van der Waals surface area contributed by atoms with Crippen molar-refractivity contribution >= 4 is 11.9 Å². The van der Waals surface area contributed by atoms with Crippen LogP contribution in [0, 0.1) is 0 Å². The molecule has 1 aromatic rings. The number of primary amides is 1. The van der Waals surface area contributed by atoms with Gasteiger partial charge in [0.1, 0.15) is 11.8 Å². The molecule has 100 valence electrons. The molecular weight excluding hydrogens is 250 g/mol. The summed E-state index contributed by atoms with van der Waals surface area (Å²) in [5, 5.41) is 1.25. The van der Waals surface area contributed by atoms with Gasteiger partial charge < -0.3 is 15.1 Å². The average molecular weight is 263 g/mol. The Morgan fingerprint density at radius 3 is 3.16 bits per heavy atom. The fraction of sp³-hybridized carbons (Fsp3) is 0.333. The van der Waals surface area contributed by atoms with Crippen LogP contribution < -0.4 is 5.73 Å². The van der Waals surface area contributed by atoms with Crippen molar-refractivity contribution in [2.24, 2.45) is 5.73 Å². The molecule has 1 saturated heterocycles. The van der Waals surface area contributed by atoms with Gasteiger partial charge in [0.25, 0.3) is 0 Å². The molecule has 2 bridgehead atoms. The molecule has 0 spiro atoms. The summed E-state index contributed by atoms with van der Waals surface area (Å²) >= 11 is 0. The summed E-state index contributed by atoms with van der Waals surface area (Å²) in [4.78, 5) is 30.5. The minimum Gasteiger partial charge on any atom is -0.466 e. The number of fused-ring (bicyclic) bond motifs is 4. The van der Waals surface area contributed by atoms with Gasteiger partial charge in [0.05, 0.1) is 19.4 Å². The number of carbonyl (C=O) groups is 2. The van der Waals surface area contributed by atoms with Crippen molar-refractivity contribution in [3.05, 3.63) is 36.3 Å². The zero-order valence-corrected chi connectivity index (χ0v) is 10.1. The first-order chi connectivity index (χ1) is 9.15. The highest BCUT2D eigenvalue weighted by molar-refractivity contribution is 5.89. The minimum atomic E-state index is -0.869. The highest BCUT2D eigenvalue weighted by atomic mass is 16.7. The van der Waals surface area contributed by atoms with E-state index in [0.29, 0.717) is 12.3 Å². The van der Waals surface area contributed by atoms with Crippen LogP contribution >= 0.6 is 0 Å². The van der Waals surface area contributed by atoms with E-state index in [1.165, 1.54) is 16.2 Å². The lowest BCUT2D eigenvalue weighted by atomic mass is 9.98. The lowest BCUT2D eigenvalue weighted by molar-refractivity contribution is -0.123. The number of carbonyl (C=O) groups excluding carboxylic acids is 2. The van der Waals surface area contributed by atoms with Crippen LogP contribution in [-0.4, -0.2) is 35.1 Å². The van der Waals surface area contributed by atoms with Crippen LogP contribution in [0.1, 0.15) is 23.4 Å². The molecule has 3 heterocycles. The quantitative estimate of drug-likeness (QED) is 0.810. The third-order valence-electron chi connectivity index (χ3n) is 3.33. The zero-order chi connectivity index (χ0) is 13.6. The molecule has 3 rings (SSSR count). The van der Waals surface area contributed by atoms with Gasteiger partial charge in [-0.3, -0.25) is 9.63 Å². The topological polar surface area (TPSA) is 89.0 Å². The SMILES string of the molecule is C=CCON1C(=O)N2C[C@H]1c1ccoc1[C@H]2C(N)=O. The molecular formula is C12H13N3O4. The molecule has 7 heteroatoms. The fourth-order valence-corrected chi connectivity index (χ4v) is 2.57. The summed E-state index contributed by atoms with van der Waals surface area (Å²) in [5.74, 6) is -0.199. The average Bonchev–Trinajstić information content (AvgIpc) is 2.94. The van der Waals surface area contributed by atoms with E-state index in [2.05, 4.69) is 6.58 Å². The van der Waals surface area contributed by atoms with Crippen LogP contribution in [-0.2, 0) is 9.63 Å². The monoisotopic (exact) mass is 263 g/mol. The number of urea groups is 1. The van der Waals surface area contributed by atoms with Crippen LogP contribution in [0.2, 0.25) is 0 Å². The Morgan fingerprint density at radius 2 is 2.47 bits per heavy atom. The maximum absolute atomic E-state index is 12.2. The van der Waals surface area contributed by atoms with Crippen molar-refractivity contribution in [2.45, 2.75) is 12.1 Å². The van der Waals surface area contributed by atoms with Gasteiger partial charge in [-0.25, -0.2) is 4.79 Å². The third kappa shape index (κ3) is 1.55. The minimum absolute atomic E-state index is 0.213. The number of nitrogens with zero attached hydrogens (tertiary/aromatic N) is 2. The van der Waals surface area contributed by atoms with E-state index in [1.54, 1.807) is 12.1 Å². The Balaban J connectivity index is 2.02. The molecule has 0 unspecified atom stereocenters. The van der Waals surface area contributed by atoms with Gasteiger partial charge in [0.15, 0.2) is 6.04 Å². The predicted molar refractivity (Wildman–Crippen MR) is 63.5 cm³/mol. The van der Waals surface area contributed by atoms with Gasteiger partial charge in [-0.1, -0.05) is 6.08 Å². The second-order valence-corrected chi connectivity index (χ2v) is 4.41. The first kappa shape index (κ1) is 11.8. The van der Waals surface area contributed by atoms with Gasteiger partial charge in [-0.2, -0.15) is 5.06 Å². The largest absolute Gasteiger partial charge is 0.466 e. The maximum atomic E-state index is 12.2. The lowest BCUT2D eigenvalue weighted by Crippen LogP contribution is -2.41. The first-order valence-electron chi connectivity index (χ1n) is 5.85. The van der Waals surface area contributed by atoms with Crippen molar-refractivity contribution < 1.29 is 18.8 Å². The standard InChI is InChI=1S/C12H13N3O4/c1-2-4-19-15-8-6-14(12(15)17)9(11(13)16)10-7(8)3-5-18-10/h2-3,5,8-9H,1,4,6H2,(H2,13,16)/t8-,9-/m0/s1. The Morgan fingerprint density at radius 1 is 1.68 bits per heavy atom. The number of rotatable bonds is 4. The smallest absolute Gasteiger partial charge is 0.345 e. The summed E-state index contributed by atoms with van der Waals surface area (Å²) in [6.45, 7) is 4.11. The molecule has 0 aliphatic carbocycles. The first-order valence-corrected chi connectivity index (χ1v) is 5.85. The number of hydrogen-bond acceptors (Lipinski definition) is 4.